The molecule has 0 aliphatic carbocycles. The smallest absolute Gasteiger partial charge is 0.167 e. The van der Waals surface area contributed by atoms with Crippen LogP contribution in [-0.2, 0) is 0 Å². The number of para-hydroxylation sites is 2. The van der Waals surface area contributed by atoms with Gasteiger partial charge in [-0.1, -0.05) is 55.8 Å². The Balaban J connectivity index is 1.62. The van der Waals surface area contributed by atoms with Crippen molar-refractivity contribution in [1.82, 2.24) is 0 Å². The molecule has 0 saturated heterocycles. The first-order valence-electron chi connectivity index (χ1n) is 9.51. The Kier molecular flexibility index (Phi) is 5.23. The molecule has 138 valence electrons. The average molecular weight is 387 g/mol. The fourth-order valence-corrected chi connectivity index (χ4v) is 3.66. The zero-order valence-corrected chi connectivity index (χ0v) is 16.8. The maximum atomic E-state index is 6.30. The molecule has 2 nitrogen and oxygen atoms in total. The number of rotatable bonds is 4. The molecule has 0 unspecified atom stereocenters. The number of nitrogens with zero attached hydrogens (tertiary/aromatic N) is 2. The van der Waals surface area contributed by atoms with Crippen molar-refractivity contribution in [3.8, 4) is 22.5 Å². The highest BCUT2D eigenvalue weighted by molar-refractivity contribution is 6.32. The van der Waals surface area contributed by atoms with Gasteiger partial charge in [0.05, 0.1) is 0 Å². The SMILES string of the molecule is CC(C)c1ccccc1-[n+]1ccc(-c2cc[n+](-c3ccccc3Cl)cc2)cc1. The summed E-state index contributed by atoms with van der Waals surface area (Å²) in [5.74, 6) is 0.484. The predicted molar refractivity (Wildman–Crippen MR) is 114 cm³/mol. The highest BCUT2D eigenvalue weighted by Gasteiger charge is 2.15. The summed E-state index contributed by atoms with van der Waals surface area (Å²) in [4.78, 5) is 0. The summed E-state index contributed by atoms with van der Waals surface area (Å²) in [5, 5.41) is 0.741. The van der Waals surface area contributed by atoms with E-state index >= 15 is 0 Å². The Hall–Kier alpha value is -2.97. The number of halogens is 1. The van der Waals surface area contributed by atoms with E-state index < -0.39 is 0 Å². The van der Waals surface area contributed by atoms with Crippen LogP contribution >= 0.6 is 11.6 Å². The van der Waals surface area contributed by atoms with E-state index in [1.54, 1.807) is 0 Å². The van der Waals surface area contributed by atoms with Gasteiger partial charge in [0.15, 0.2) is 24.8 Å². The molecule has 3 heteroatoms. The molecule has 0 N–H and O–H groups in total. The first-order valence-corrected chi connectivity index (χ1v) is 9.88. The van der Waals surface area contributed by atoms with E-state index in [2.05, 4.69) is 79.3 Å². The third-order valence-corrected chi connectivity index (χ3v) is 5.28. The third-order valence-electron chi connectivity index (χ3n) is 4.96. The molecule has 4 rings (SSSR count). The molecule has 0 amide bonds. The second kappa shape index (κ2) is 7.95. The topological polar surface area (TPSA) is 7.76 Å². The fourth-order valence-electron chi connectivity index (χ4n) is 3.43. The van der Waals surface area contributed by atoms with Crippen LogP contribution in [0.1, 0.15) is 25.3 Å². The van der Waals surface area contributed by atoms with Gasteiger partial charge in [-0.3, -0.25) is 0 Å². The molecular weight excluding hydrogens is 364 g/mol. The Morgan fingerprint density at radius 3 is 1.61 bits per heavy atom. The molecule has 0 fully saturated rings. The van der Waals surface area contributed by atoms with Crippen molar-refractivity contribution in [3.05, 3.63) is 108 Å². The largest absolute Gasteiger partial charge is 0.229 e. The van der Waals surface area contributed by atoms with Crippen LogP contribution in [0.25, 0.3) is 22.5 Å². The predicted octanol–water partition coefficient (Wildman–Crippen LogP) is 5.68. The Bertz CT molecular complexity index is 1080. The molecule has 2 heterocycles. The number of hydrogen-bond donors (Lipinski definition) is 0. The van der Waals surface area contributed by atoms with E-state index in [0.29, 0.717) is 5.92 Å². The molecule has 2 aromatic carbocycles. The second-order valence-corrected chi connectivity index (χ2v) is 7.56. The molecule has 0 saturated carbocycles. The Morgan fingerprint density at radius 1 is 0.607 bits per heavy atom. The van der Waals surface area contributed by atoms with Gasteiger partial charge in [0, 0.05) is 42.0 Å². The lowest BCUT2D eigenvalue weighted by Gasteiger charge is -2.08. The molecule has 0 bridgehead atoms. The van der Waals surface area contributed by atoms with Gasteiger partial charge in [-0.05, 0) is 23.1 Å². The van der Waals surface area contributed by atoms with Gasteiger partial charge in [0.1, 0.15) is 5.02 Å². The molecule has 0 spiro atoms. The number of hydrogen-bond acceptors (Lipinski definition) is 0. The minimum Gasteiger partial charge on any atom is -0.167 e. The van der Waals surface area contributed by atoms with E-state index in [0.717, 1.165) is 10.7 Å². The van der Waals surface area contributed by atoms with Crippen LogP contribution in [0.15, 0.2) is 97.6 Å². The minimum atomic E-state index is 0.484. The first kappa shape index (κ1) is 18.4. The third kappa shape index (κ3) is 3.69. The van der Waals surface area contributed by atoms with Crippen molar-refractivity contribution in [3.63, 3.8) is 0 Å². The quantitative estimate of drug-likeness (QED) is 0.398. The Morgan fingerprint density at radius 2 is 1.07 bits per heavy atom. The summed E-state index contributed by atoms with van der Waals surface area (Å²) in [6, 6.07) is 25.0. The molecule has 0 atom stereocenters. The zero-order chi connectivity index (χ0) is 19.5. The van der Waals surface area contributed by atoms with Crippen LogP contribution in [0.4, 0.5) is 0 Å². The van der Waals surface area contributed by atoms with Crippen molar-refractivity contribution >= 4 is 11.6 Å². The van der Waals surface area contributed by atoms with E-state index in [4.69, 9.17) is 11.6 Å². The summed E-state index contributed by atoms with van der Waals surface area (Å²) in [5.41, 5.74) is 5.92. The van der Waals surface area contributed by atoms with Crippen molar-refractivity contribution < 1.29 is 9.13 Å². The lowest BCUT2D eigenvalue weighted by molar-refractivity contribution is -0.596. The lowest BCUT2D eigenvalue weighted by atomic mass is 10.0. The monoisotopic (exact) mass is 386 g/mol. The minimum absolute atomic E-state index is 0.484. The van der Waals surface area contributed by atoms with Gasteiger partial charge < -0.3 is 0 Å². The zero-order valence-electron chi connectivity index (χ0n) is 16.1. The van der Waals surface area contributed by atoms with E-state index in [1.165, 1.54) is 22.4 Å². The van der Waals surface area contributed by atoms with Gasteiger partial charge in [-0.15, -0.1) is 0 Å². The van der Waals surface area contributed by atoms with Crippen LogP contribution in [0.2, 0.25) is 5.02 Å². The molecule has 0 aliphatic heterocycles. The maximum absolute atomic E-state index is 6.30. The molecular formula is C25H23ClN2+2. The summed E-state index contributed by atoms with van der Waals surface area (Å²) < 4.78 is 4.22. The van der Waals surface area contributed by atoms with Crippen LogP contribution in [0.5, 0.6) is 0 Å². The number of pyridine rings is 2. The normalized spacial score (nSPS) is 11.0. The van der Waals surface area contributed by atoms with Crippen LogP contribution in [0, 0.1) is 0 Å². The summed E-state index contributed by atoms with van der Waals surface area (Å²) in [6.07, 6.45) is 8.36. The summed E-state index contributed by atoms with van der Waals surface area (Å²) in [7, 11) is 0. The molecule has 0 radical (unpaired) electrons. The van der Waals surface area contributed by atoms with E-state index in [9.17, 15) is 0 Å². The van der Waals surface area contributed by atoms with Crippen molar-refractivity contribution in [2.45, 2.75) is 19.8 Å². The maximum Gasteiger partial charge on any atom is 0.229 e. The van der Waals surface area contributed by atoms with Gasteiger partial charge in [-0.2, -0.15) is 9.13 Å². The average Bonchev–Trinajstić information content (AvgIpc) is 2.74. The molecule has 0 aliphatic rings. The van der Waals surface area contributed by atoms with Crippen molar-refractivity contribution in [2.24, 2.45) is 0 Å². The molecule has 4 aromatic rings. The summed E-state index contributed by atoms with van der Waals surface area (Å²) >= 11 is 6.30. The van der Waals surface area contributed by atoms with E-state index in [-0.39, 0.29) is 0 Å². The van der Waals surface area contributed by atoms with Crippen molar-refractivity contribution in [2.75, 3.05) is 0 Å². The number of benzene rings is 2. The van der Waals surface area contributed by atoms with Crippen molar-refractivity contribution in [1.29, 1.82) is 0 Å². The standard InChI is InChI=1S/C25H23ClN2/c1-19(2)22-7-3-5-9-24(22)27-15-11-20(12-16-27)21-13-17-28(18-14-21)25-10-6-4-8-23(25)26/h3-19H,1-2H3/q+2. The highest BCUT2D eigenvalue weighted by Crippen LogP contribution is 2.21. The first-order chi connectivity index (χ1) is 13.6. The van der Waals surface area contributed by atoms with Gasteiger partial charge in [0.2, 0.25) is 11.4 Å². The van der Waals surface area contributed by atoms with Crippen LogP contribution < -0.4 is 9.13 Å². The Labute approximate surface area is 171 Å². The van der Waals surface area contributed by atoms with E-state index in [1.807, 2.05) is 41.2 Å². The highest BCUT2D eigenvalue weighted by atomic mass is 35.5. The van der Waals surface area contributed by atoms with Gasteiger partial charge in [-0.25, -0.2) is 0 Å². The summed E-state index contributed by atoms with van der Waals surface area (Å²) in [6.45, 7) is 4.46. The van der Waals surface area contributed by atoms with Gasteiger partial charge in [0.25, 0.3) is 0 Å². The van der Waals surface area contributed by atoms with Crippen LogP contribution in [0.3, 0.4) is 0 Å². The molecule has 28 heavy (non-hydrogen) atoms. The molecule has 2 aromatic heterocycles. The second-order valence-electron chi connectivity index (χ2n) is 7.15. The van der Waals surface area contributed by atoms with Crippen LogP contribution in [-0.4, -0.2) is 0 Å². The fraction of sp³-hybridized carbons (Fsp3) is 0.120. The lowest BCUT2D eigenvalue weighted by Crippen LogP contribution is -2.31. The van der Waals surface area contributed by atoms with Gasteiger partial charge >= 0.3 is 0 Å². The number of aromatic nitrogens is 2.